The highest BCUT2D eigenvalue weighted by Crippen LogP contribution is 2.54. The monoisotopic (exact) mass is 868 g/mol. The summed E-state index contributed by atoms with van der Waals surface area (Å²) in [7, 11) is 0. The van der Waals surface area contributed by atoms with Crippen LogP contribution in [0.15, 0.2) is 249 Å². The van der Waals surface area contributed by atoms with Gasteiger partial charge >= 0.3 is 0 Å². The molecule has 4 heteroatoms. The van der Waals surface area contributed by atoms with Crippen LogP contribution in [0.3, 0.4) is 0 Å². The molecule has 0 spiro atoms. The molecule has 4 nitrogen and oxygen atoms in total. The Morgan fingerprint density at radius 3 is 1.13 bits per heavy atom. The second-order valence-corrected chi connectivity index (χ2v) is 17.1. The number of phenolic OH excluding ortho intramolecular Hbond substituents is 4. The van der Waals surface area contributed by atoms with Gasteiger partial charge < -0.3 is 20.4 Å². The van der Waals surface area contributed by atoms with Gasteiger partial charge in [-0.05, 0) is 116 Å². The molecule has 0 bridgehead atoms. The van der Waals surface area contributed by atoms with E-state index >= 15 is 0 Å². The molecule has 0 radical (unpaired) electrons. The van der Waals surface area contributed by atoms with Crippen LogP contribution in [0.25, 0.3) is 55.6 Å². The molecule has 0 saturated heterocycles. The molecule has 0 saturated carbocycles. The van der Waals surface area contributed by atoms with Crippen LogP contribution in [0.5, 0.6) is 23.0 Å². The molecule has 1 atom stereocenters. The Balaban J connectivity index is 1.33. The van der Waals surface area contributed by atoms with Crippen molar-refractivity contribution in [1.29, 1.82) is 0 Å². The number of aromatic hydroxyl groups is 4. The third-order valence-corrected chi connectivity index (χ3v) is 13.1. The van der Waals surface area contributed by atoms with Crippen molar-refractivity contribution >= 4 is 0 Å². The quantitative estimate of drug-likeness (QED) is 0.0986. The number of rotatable bonds is 12. The predicted octanol–water partition coefficient (Wildman–Crippen LogP) is 15.2. The van der Waals surface area contributed by atoms with E-state index in [0.717, 1.165) is 66.8 Å². The van der Waals surface area contributed by atoms with Crippen molar-refractivity contribution in [1.82, 2.24) is 0 Å². The van der Waals surface area contributed by atoms with Gasteiger partial charge in [0.1, 0.15) is 23.0 Å². The molecule has 0 aromatic heterocycles. The van der Waals surface area contributed by atoms with Crippen molar-refractivity contribution < 1.29 is 20.4 Å². The smallest absolute Gasteiger partial charge is 0.123 e. The summed E-state index contributed by atoms with van der Waals surface area (Å²) < 4.78 is 0. The minimum absolute atomic E-state index is 0.157. The summed E-state index contributed by atoms with van der Waals surface area (Å²) in [4.78, 5) is 0. The Kier molecular flexibility index (Phi) is 11.7. The largest absolute Gasteiger partial charge is 0.507 e. The van der Waals surface area contributed by atoms with Crippen LogP contribution >= 0.6 is 0 Å². The number of hydrogen-bond donors (Lipinski definition) is 4. The molecule has 10 aromatic rings. The molecular weight excluding hydrogens is 821 g/mol. The molecular formula is C63H48O4. The molecule has 0 aliphatic rings. The van der Waals surface area contributed by atoms with Gasteiger partial charge in [0.05, 0.1) is 0 Å². The van der Waals surface area contributed by atoms with E-state index in [4.69, 9.17) is 0 Å². The Bertz CT molecular complexity index is 3210. The summed E-state index contributed by atoms with van der Waals surface area (Å²) in [6, 6.07) is 82.5. The van der Waals surface area contributed by atoms with E-state index in [1.165, 1.54) is 0 Å². The van der Waals surface area contributed by atoms with Gasteiger partial charge in [-0.25, -0.2) is 0 Å². The maximum atomic E-state index is 11.8. The van der Waals surface area contributed by atoms with Crippen LogP contribution in [0, 0.1) is 0 Å². The maximum absolute atomic E-state index is 11.8. The van der Waals surface area contributed by atoms with E-state index in [0.29, 0.717) is 23.1 Å². The zero-order valence-corrected chi connectivity index (χ0v) is 36.7. The lowest BCUT2D eigenvalue weighted by molar-refractivity contribution is 0.442. The van der Waals surface area contributed by atoms with Crippen LogP contribution in [0.1, 0.15) is 33.7 Å². The minimum Gasteiger partial charge on any atom is -0.507 e. The van der Waals surface area contributed by atoms with Crippen LogP contribution in [-0.2, 0) is 11.8 Å². The Hall–Kier alpha value is -8.60. The highest BCUT2D eigenvalue weighted by Gasteiger charge is 2.45. The fraction of sp³-hybridized carbons (Fsp3) is 0.0476. The summed E-state index contributed by atoms with van der Waals surface area (Å²) in [6.45, 7) is 0. The first-order chi connectivity index (χ1) is 32.9. The Morgan fingerprint density at radius 1 is 0.284 bits per heavy atom. The number of benzene rings is 10. The van der Waals surface area contributed by atoms with E-state index in [1.54, 1.807) is 24.3 Å². The number of hydrogen-bond acceptors (Lipinski definition) is 4. The van der Waals surface area contributed by atoms with E-state index in [2.05, 4.69) is 72.8 Å². The van der Waals surface area contributed by atoms with E-state index in [9.17, 15) is 20.4 Å². The van der Waals surface area contributed by atoms with Crippen LogP contribution in [0.4, 0.5) is 0 Å². The molecule has 67 heavy (non-hydrogen) atoms. The van der Waals surface area contributed by atoms with E-state index < -0.39 is 11.3 Å². The fourth-order valence-corrected chi connectivity index (χ4v) is 9.93. The van der Waals surface area contributed by atoms with Crippen LogP contribution in [-0.4, -0.2) is 20.4 Å². The molecule has 0 aliphatic carbocycles. The first-order valence-corrected chi connectivity index (χ1v) is 22.6. The topological polar surface area (TPSA) is 80.9 Å². The molecule has 1 unspecified atom stereocenters. The third kappa shape index (κ3) is 8.33. The highest BCUT2D eigenvalue weighted by atomic mass is 16.3. The van der Waals surface area contributed by atoms with Crippen molar-refractivity contribution in [3.63, 3.8) is 0 Å². The Labute approximate surface area is 391 Å². The molecule has 0 aliphatic heterocycles. The molecule has 10 aromatic carbocycles. The summed E-state index contributed by atoms with van der Waals surface area (Å²) >= 11 is 0. The average molecular weight is 869 g/mol. The zero-order valence-electron chi connectivity index (χ0n) is 36.7. The highest BCUT2D eigenvalue weighted by molar-refractivity contribution is 5.80. The van der Waals surface area contributed by atoms with Crippen molar-refractivity contribution in [3.8, 4) is 78.6 Å². The summed E-state index contributed by atoms with van der Waals surface area (Å²) in [6.07, 6.45) is 0.434. The van der Waals surface area contributed by atoms with Crippen molar-refractivity contribution in [3.05, 3.63) is 277 Å². The lowest BCUT2D eigenvalue weighted by Gasteiger charge is -2.44. The summed E-state index contributed by atoms with van der Waals surface area (Å²) in [5.74, 6) is 0.245. The van der Waals surface area contributed by atoms with Gasteiger partial charge in [-0.15, -0.1) is 0 Å². The Morgan fingerprint density at radius 2 is 0.657 bits per heavy atom. The first kappa shape index (κ1) is 42.4. The van der Waals surface area contributed by atoms with Crippen LogP contribution < -0.4 is 0 Å². The lowest BCUT2D eigenvalue weighted by atomic mass is 9.58. The van der Waals surface area contributed by atoms with Gasteiger partial charge in [-0.3, -0.25) is 0 Å². The SMILES string of the molecule is Oc1ccc(-c2ccccc2CC(c2ccc(O)c(-c3ccccc3)c2)(c2ccc(O)c(-c3ccccc3)c2)C(c2ccccc2)c2ccc(O)c(-c3ccccc3)c2)cc1-c1ccccc1. The van der Waals surface area contributed by atoms with Gasteiger partial charge in [0, 0.05) is 33.6 Å². The fourth-order valence-electron chi connectivity index (χ4n) is 9.93. The lowest BCUT2D eigenvalue weighted by Crippen LogP contribution is -2.38. The maximum Gasteiger partial charge on any atom is 0.123 e. The molecule has 324 valence electrons. The normalized spacial score (nSPS) is 11.8. The van der Waals surface area contributed by atoms with Gasteiger partial charge in [0.25, 0.3) is 0 Å². The van der Waals surface area contributed by atoms with Gasteiger partial charge in [0.2, 0.25) is 0 Å². The molecule has 0 fully saturated rings. The van der Waals surface area contributed by atoms with Gasteiger partial charge in [0.15, 0.2) is 0 Å². The predicted molar refractivity (Wildman–Crippen MR) is 272 cm³/mol. The molecule has 4 N–H and O–H groups in total. The first-order valence-electron chi connectivity index (χ1n) is 22.6. The zero-order chi connectivity index (χ0) is 45.7. The van der Waals surface area contributed by atoms with Crippen molar-refractivity contribution in [2.75, 3.05) is 0 Å². The third-order valence-electron chi connectivity index (χ3n) is 13.1. The molecule has 0 amide bonds. The number of phenols is 4. The van der Waals surface area contributed by atoms with E-state index in [1.807, 2.05) is 152 Å². The second kappa shape index (κ2) is 18.5. The summed E-state index contributed by atoms with van der Waals surface area (Å²) in [5, 5.41) is 46.4. The van der Waals surface area contributed by atoms with Gasteiger partial charge in [-0.2, -0.15) is 0 Å². The average Bonchev–Trinajstić information content (AvgIpc) is 3.38. The standard InChI is InChI=1S/C63H48O4/c64-58-34-30-48(38-54(58)43-18-6-1-7-19-43)53-29-17-16-28-50(53)42-63(51-32-36-60(66)56(40-51)45-22-10-3-11-23-45,52-33-37-61(67)57(41-52)46-24-12-4-13-25-46)62(47-26-14-5-15-27-47)49-31-35-59(65)55(39-49)44-20-8-2-9-21-44/h1-41,62,64-67H,42H2. The summed E-state index contributed by atoms with van der Waals surface area (Å²) in [5.41, 5.74) is 12.2. The second-order valence-electron chi connectivity index (χ2n) is 17.1. The van der Waals surface area contributed by atoms with E-state index in [-0.39, 0.29) is 23.0 Å². The minimum atomic E-state index is -1.00. The van der Waals surface area contributed by atoms with Gasteiger partial charge in [-0.1, -0.05) is 200 Å². The van der Waals surface area contributed by atoms with Crippen molar-refractivity contribution in [2.45, 2.75) is 17.8 Å². The van der Waals surface area contributed by atoms with Crippen LogP contribution in [0.2, 0.25) is 0 Å². The molecule has 10 rings (SSSR count). The van der Waals surface area contributed by atoms with Crippen molar-refractivity contribution in [2.24, 2.45) is 0 Å². The molecule has 0 heterocycles.